The molecule has 0 aromatic carbocycles. The third-order valence-corrected chi connectivity index (χ3v) is 7.47. The molecule has 1 aromatic rings. The van der Waals surface area contributed by atoms with E-state index >= 15 is 0 Å². The molecule has 0 N–H and O–H groups in total. The Morgan fingerprint density at radius 2 is 2.11 bits per heavy atom. The van der Waals surface area contributed by atoms with Crippen LogP contribution in [0.15, 0.2) is 16.3 Å². The second kappa shape index (κ2) is 5.72. The van der Waals surface area contributed by atoms with E-state index in [1.54, 1.807) is 15.8 Å². The fraction of sp³-hybridized carbons (Fsp3) is 0.692. The van der Waals surface area contributed by atoms with Crippen LogP contribution < -0.4 is 0 Å². The van der Waals surface area contributed by atoms with Gasteiger partial charge in [-0.3, -0.25) is 0 Å². The highest BCUT2D eigenvalue weighted by Gasteiger charge is 2.38. The fourth-order valence-electron chi connectivity index (χ4n) is 2.76. The summed E-state index contributed by atoms with van der Waals surface area (Å²) >= 11 is 7.25. The molecule has 1 aliphatic heterocycles. The van der Waals surface area contributed by atoms with Crippen molar-refractivity contribution in [2.45, 2.75) is 44.0 Å². The van der Waals surface area contributed by atoms with E-state index in [1.807, 2.05) is 6.92 Å². The van der Waals surface area contributed by atoms with Crippen molar-refractivity contribution in [3.8, 4) is 0 Å². The van der Waals surface area contributed by atoms with Gasteiger partial charge in [0.25, 0.3) is 0 Å². The Kier molecular flexibility index (Phi) is 4.60. The summed E-state index contributed by atoms with van der Waals surface area (Å²) in [6.07, 6.45) is 1.08. The Morgan fingerprint density at radius 1 is 1.42 bits per heavy atom. The molecule has 0 amide bonds. The van der Waals surface area contributed by atoms with Gasteiger partial charge in [0.15, 0.2) is 0 Å². The number of halogens is 1. The summed E-state index contributed by atoms with van der Waals surface area (Å²) in [5.41, 5.74) is 0. The maximum absolute atomic E-state index is 12.8. The lowest BCUT2D eigenvalue weighted by molar-refractivity contribution is 0.157. The quantitative estimate of drug-likeness (QED) is 0.798. The Balaban J connectivity index is 2.38. The van der Waals surface area contributed by atoms with E-state index in [4.69, 9.17) is 11.6 Å². The Morgan fingerprint density at radius 3 is 2.74 bits per heavy atom. The lowest BCUT2D eigenvalue weighted by atomic mass is 9.88. The lowest BCUT2D eigenvalue weighted by Gasteiger charge is -2.39. The van der Waals surface area contributed by atoms with Crippen molar-refractivity contribution < 1.29 is 8.42 Å². The average molecular weight is 322 g/mol. The van der Waals surface area contributed by atoms with Gasteiger partial charge in [-0.1, -0.05) is 13.8 Å². The summed E-state index contributed by atoms with van der Waals surface area (Å²) in [4.78, 5) is 1.13. The van der Waals surface area contributed by atoms with E-state index in [1.165, 1.54) is 11.3 Å². The van der Waals surface area contributed by atoms with Crippen LogP contribution in [0.2, 0.25) is 0 Å². The van der Waals surface area contributed by atoms with Gasteiger partial charge in [0.05, 0.1) is 10.8 Å². The van der Waals surface area contributed by atoms with Gasteiger partial charge in [-0.2, -0.15) is 4.31 Å². The molecular weight excluding hydrogens is 302 g/mol. The van der Waals surface area contributed by atoms with Crippen molar-refractivity contribution in [2.24, 2.45) is 11.8 Å². The minimum absolute atomic E-state index is 0.0456. The zero-order valence-electron chi connectivity index (χ0n) is 11.5. The first kappa shape index (κ1) is 15.3. The third kappa shape index (κ3) is 2.84. The van der Waals surface area contributed by atoms with Gasteiger partial charge in [0, 0.05) is 17.5 Å². The van der Waals surface area contributed by atoms with Gasteiger partial charge >= 0.3 is 0 Å². The molecule has 0 aliphatic carbocycles. The number of nitrogens with zero attached hydrogens (tertiary/aromatic N) is 1. The maximum atomic E-state index is 12.8. The second-order valence-corrected chi connectivity index (χ2v) is 8.60. The molecule has 3 nitrogen and oxygen atoms in total. The highest BCUT2D eigenvalue weighted by atomic mass is 35.5. The predicted molar refractivity (Wildman–Crippen MR) is 80.2 cm³/mol. The highest BCUT2D eigenvalue weighted by molar-refractivity contribution is 7.89. The SMILES string of the molecule is CC1CC(C)C(C)N(S(=O)(=O)c2ccsc2CCl)C1. The molecular formula is C13H20ClNO2S2. The number of piperidine rings is 1. The maximum Gasteiger partial charge on any atom is 0.244 e. The van der Waals surface area contributed by atoms with E-state index in [0.717, 1.165) is 11.3 Å². The van der Waals surface area contributed by atoms with Gasteiger partial charge in [-0.25, -0.2) is 8.42 Å². The topological polar surface area (TPSA) is 37.4 Å². The van der Waals surface area contributed by atoms with Gasteiger partial charge in [-0.15, -0.1) is 22.9 Å². The van der Waals surface area contributed by atoms with Crippen LogP contribution in [0, 0.1) is 11.8 Å². The van der Waals surface area contributed by atoms with Crippen molar-refractivity contribution in [3.05, 3.63) is 16.3 Å². The molecule has 0 radical (unpaired) electrons. The summed E-state index contributed by atoms with van der Waals surface area (Å²) in [5.74, 6) is 1.04. The van der Waals surface area contributed by atoms with Crippen LogP contribution in [0.1, 0.15) is 32.1 Å². The van der Waals surface area contributed by atoms with Crippen LogP contribution in [-0.2, 0) is 15.9 Å². The summed E-state index contributed by atoms with van der Waals surface area (Å²) in [7, 11) is -3.42. The van der Waals surface area contributed by atoms with Crippen molar-refractivity contribution in [2.75, 3.05) is 6.54 Å². The van der Waals surface area contributed by atoms with E-state index in [-0.39, 0.29) is 11.9 Å². The standard InChI is InChI=1S/C13H20ClNO2S2/c1-9-6-10(2)11(3)15(8-9)19(16,17)13-4-5-18-12(13)7-14/h4-5,9-11H,6-8H2,1-3H3. The Bertz CT molecular complexity index is 541. The molecule has 1 saturated heterocycles. The molecule has 6 heteroatoms. The predicted octanol–water partition coefficient (Wildman–Crippen LogP) is 3.54. The fourth-order valence-corrected chi connectivity index (χ4v) is 6.29. The number of alkyl halides is 1. The normalized spacial score (nSPS) is 29.6. The summed E-state index contributed by atoms with van der Waals surface area (Å²) in [6, 6.07) is 1.72. The Hall–Kier alpha value is -0.100. The van der Waals surface area contributed by atoms with Crippen molar-refractivity contribution >= 4 is 33.0 Å². The molecule has 3 atom stereocenters. The molecule has 3 unspecified atom stereocenters. The first-order valence-electron chi connectivity index (χ1n) is 6.52. The molecule has 2 heterocycles. The smallest absolute Gasteiger partial charge is 0.207 e. The van der Waals surface area contributed by atoms with Crippen LogP contribution in [0.4, 0.5) is 0 Å². The van der Waals surface area contributed by atoms with Crippen molar-refractivity contribution in [1.29, 1.82) is 0 Å². The van der Waals surface area contributed by atoms with Crippen LogP contribution in [0.5, 0.6) is 0 Å². The van der Waals surface area contributed by atoms with Gasteiger partial charge in [-0.05, 0) is 36.6 Å². The molecule has 1 fully saturated rings. The molecule has 2 rings (SSSR count). The van der Waals surface area contributed by atoms with E-state index in [2.05, 4.69) is 13.8 Å². The van der Waals surface area contributed by atoms with Crippen LogP contribution in [0.25, 0.3) is 0 Å². The van der Waals surface area contributed by atoms with E-state index < -0.39 is 10.0 Å². The summed E-state index contributed by atoms with van der Waals surface area (Å²) in [5, 5.41) is 1.80. The summed E-state index contributed by atoms with van der Waals surface area (Å²) < 4.78 is 27.3. The highest BCUT2D eigenvalue weighted by Crippen LogP contribution is 2.34. The molecule has 1 aromatic heterocycles. The summed E-state index contributed by atoms with van der Waals surface area (Å²) in [6.45, 7) is 6.84. The number of hydrogen-bond acceptors (Lipinski definition) is 3. The minimum atomic E-state index is -3.42. The molecule has 19 heavy (non-hydrogen) atoms. The first-order chi connectivity index (χ1) is 8.87. The van der Waals surface area contributed by atoms with E-state index in [0.29, 0.717) is 23.3 Å². The minimum Gasteiger partial charge on any atom is -0.207 e. The zero-order valence-corrected chi connectivity index (χ0v) is 13.9. The van der Waals surface area contributed by atoms with Gasteiger partial charge in [0.2, 0.25) is 10.0 Å². The molecule has 0 bridgehead atoms. The van der Waals surface area contributed by atoms with Gasteiger partial charge in [0.1, 0.15) is 0 Å². The van der Waals surface area contributed by atoms with Crippen LogP contribution >= 0.6 is 22.9 Å². The number of hydrogen-bond donors (Lipinski definition) is 0. The largest absolute Gasteiger partial charge is 0.244 e. The first-order valence-corrected chi connectivity index (χ1v) is 9.37. The third-order valence-electron chi connectivity index (χ3n) is 3.96. The number of thiophene rings is 1. The molecule has 0 spiro atoms. The van der Waals surface area contributed by atoms with Crippen molar-refractivity contribution in [1.82, 2.24) is 4.31 Å². The Labute approximate surface area is 124 Å². The monoisotopic (exact) mass is 321 g/mol. The second-order valence-electron chi connectivity index (χ2n) is 5.48. The molecule has 0 saturated carbocycles. The van der Waals surface area contributed by atoms with Gasteiger partial charge < -0.3 is 0 Å². The van der Waals surface area contributed by atoms with Crippen LogP contribution in [0.3, 0.4) is 0 Å². The lowest BCUT2D eigenvalue weighted by Crippen LogP contribution is -2.48. The molecule has 1 aliphatic rings. The zero-order chi connectivity index (χ0) is 14.2. The van der Waals surface area contributed by atoms with Crippen LogP contribution in [-0.4, -0.2) is 25.3 Å². The van der Waals surface area contributed by atoms with E-state index in [9.17, 15) is 8.42 Å². The van der Waals surface area contributed by atoms with Crippen molar-refractivity contribution in [3.63, 3.8) is 0 Å². The average Bonchev–Trinajstić information content (AvgIpc) is 2.82. The number of sulfonamides is 1. The molecule has 108 valence electrons. The number of rotatable bonds is 3.